The Morgan fingerprint density at radius 1 is 0.946 bits per heavy atom. The third kappa shape index (κ3) is 5.47. The Morgan fingerprint density at radius 3 is 2.41 bits per heavy atom. The van der Waals surface area contributed by atoms with Crippen molar-refractivity contribution in [2.45, 2.75) is 11.4 Å². The van der Waals surface area contributed by atoms with Crippen molar-refractivity contribution in [1.29, 1.82) is 0 Å². The van der Waals surface area contributed by atoms with E-state index in [4.69, 9.17) is 0 Å². The molecule has 0 radical (unpaired) electrons. The number of hydrogen-bond acceptors (Lipinski definition) is 5. The molecule has 190 valence electrons. The van der Waals surface area contributed by atoms with Gasteiger partial charge in [-0.05, 0) is 48.0 Å². The predicted octanol–water partition coefficient (Wildman–Crippen LogP) is 5.10. The molecule has 0 atom stereocenters. The summed E-state index contributed by atoms with van der Waals surface area (Å²) >= 11 is 0. The van der Waals surface area contributed by atoms with Crippen LogP contribution in [0, 0.1) is 11.6 Å². The van der Waals surface area contributed by atoms with Crippen molar-refractivity contribution in [2.75, 3.05) is 30.9 Å². The number of aromatic nitrogens is 1. The van der Waals surface area contributed by atoms with Crippen molar-refractivity contribution < 1.29 is 17.2 Å². The minimum absolute atomic E-state index is 0.0259. The van der Waals surface area contributed by atoms with Crippen LogP contribution in [0.4, 0.5) is 14.5 Å². The molecule has 0 unspecified atom stereocenters. The largest absolute Gasteiger partial charge is 0.369 e. The fourth-order valence-corrected chi connectivity index (χ4v) is 5.74. The van der Waals surface area contributed by atoms with E-state index in [1.165, 1.54) is 36.5 Å². The van der Waals surface area contributed by atoms with Crippen LogP contribution in [0.15, 0.2) is 90.5 Å². The normalized spacial score (nSPS) is 14.6. The monoisotopic (exact) mass is 520 g/mol. The fraction of sp³-hybridized carbons (Fsp3) is 0.179. The average Bonchev–Trinajstić information content (AvgIpc) is 2.89. The zero-order valence-electron chi connectivity index (χ0n) is 20.1. The van der Waals surface area contributed by atoms with Gasteiger partial charge in [-0.15, -0.1) is 0 Å². The Balaban J connectivity index is 1.25. The molecule has 37 heavy (non-hydrogen) atoms. The van der Waals surface area contributed by atoms with E-state index >= 15 is 4.39 Å². The van der Waals surface area contributed by atoms with Crippen molar-refractivity contribution >= 4 is 32.3 Å². The number of benzene rings is 3. The molecule has 0 amide bonds. The minimum atomic E-state index is -3.98. The molecular formula is C28H26F2N4O2S. The van der Waals surface area contributed by atoms with Gasteiger partial charge in [0.2, 0.25) is 0 Å². The quantitative estimate of drug-likeness (QED) is 0.367. The van der Waals surface area contributed by atoms with Crippen LogP contribution in [0.3, 0.4) is 0 Å². The molecule has 5 rings (SSSR count). The maximum absolute atomic E-state index is 15.1. The number of rotatable bonds is 7. The predicted molar refractivity (Wildman–Crippen MR) is 141 cm³/mol. The highest BCUT2D eigenvalue weighted by Crippen LogP contribution is 2.27. The van der Waals surface area contributed by atoms with Gasteiger partial charge in [0.15, 0.2) is 0 Å². The van der Waals surface area contributed by atoms with Gasteiger partial charge in [0.1, 0.15) is 16.5 Å². The maximum atomic E-state index is 15.1. The molecule has 9 heteroatoms. The summed E-state index contributed by atoms with van der Waals surface area (Å²) in [6, 6.07) is 19.1. The lowest BCUT2D eigenvalue weighted by Crippen LogP contribution is -2.44. The van der Waals surface area contributed by atoms with Gasteiger partial charge in [-0.2, -0.15) is 0 Å². The van der Waals surface area contributed by atoms with E-state index in [-0.39, 0.29) is 16.4 Å². The number of nitrogens with one attached hydrogen (secondary N) is 1. The SMILES string of the molecule is C=C(c1ccc(NS(=O)(=O)c2cccc3cccnc23)cc1F)N1CCN(Cc2ccc(F)cc2)CC1. The second-order valence-corrected chi connectivity index (χ2v) is 10.6. The summed E-state index contributed by atoms with van der Waals surface area (Å²) in [5, 5.41) is 0.695. The Hall–Kier alpha value is -3.82. The molecule has 1 aliphatic rings. The fourth-order valence-electron chi connectivity index (χ4n) is 4.51. The lowest BCUT2D eigenvalue weighted by molar-refractivity contribution is 0.169. The molecule has 0 saturated carbocycles. The van der Waals surface area contributed by atoms with Crippen LogP contribution in [-0.2, 0) is 16.6 Å². The van der Waals surface area contributed by atoms with Gasteiger partial charge >= 0.3 is 0 Å². The first kappa shape index (κ1) is 24.9. The minimum Gasteiger partial charge on any atom is -0.369 e. The molecule has 0 bridgehead atoms. The van der Waals surface area contributed by atoms with E-state index in [2.05, 4.69) is 21.2 Å². The summed E-state index contributed by atoms with van der Waals surface area (Å²) in [6.07, 6.45) is 1.53. The summed E-state index contributed by atoms with van der Waals surface area (Å²) in [6.45, 7) is 7.67. The zero-order valence-corrected chi connectivity index (χ0v) is 20.9. The van der Waals surface area contributed by atoms with E-state index in [1.54, 1.807) is 42.5 Å². The first-order chi connectivity index (χ1) is 17.8. The van der Waals surface area contributed by atoms with Crippen molar-refractivity contribution in [3.63, 3.8) is 0 Å². The highest BCUT2D eigenvalue weighted by Gasteiger charge is 2.22. The number of nitrogens with zero attached hydrogens (tertiary/aromatic N) is 3. The van der Waals surface area contributed by atoms with Gasteiger partial charge in [-0.3, -0.25) is 14.6 Å². The zero-order chi connectivity index (χ0) is 26.0. The summed E-state index contributed by atoms with van der Waals surface area (Å²) in [4.78, 5) is 8.50. The third-order valence-electron chi connectivity index (χ3n) is 6.49. The Labute approximate surface area is 214 Å². The molecule has 1 N–H and O–H groups in total. The summed E-state index contributed by atoms with van der Waals surface area (Å²) in [5.41, 5.74) is 2.37. The van der Waals surface area contributed by atoms with Crippen LogP contribution in [0.5, 0.6) is 0 Å². The second-order valence-electron chi connectivity index (χ2n) is 8.97. The molecule has 0 aliphatic carbocycles. The summed E-state index contributed by atoms with van der Waals surface area (Å²) < 4.78 is 56.8. The maximum Gasteiger partial charge on any atom is 0.264 e. The molecule has 1 fully saturated rings. The van der Waals surface area contributed by atoms with Crippen LogP contribution in [0.1, 0.15) is 11.1 Å². The van der Waals surface area contributed by atoms with Crippen molar-refractivity contribution in [2.24, 2.45) is 0 Å². The van der Waals surface area contributed by atoms with E-state index < -0.39 is 15.8 Å². The van der Waals surface area contributed by atoms with Crippen LogP contribution in [0.25, 0.3) is 16.6 Å². The summed E-state index contributed by atoms with van der Waals surface area (Å²) in [5.74, 6) is -0.814. The Bertz CT molecular complexity index is 1550. The van der Waals surface area contributed by atoms with Gasteiger partial charge in [0.05, 0.1) is 11.2 Å². The smallest absolute Gasteiger partial charge is 0.264 e. The highest BCUT2D eigenvalue weighted by atomic mass is 32.2. The first-order valence-electron chi connectivity index (χ1n) is 11.9. The Kier molecular flexibility index (Phi) is 6.90. The number of fused-ring (bicyclic) bond motifs is 1. The van der Waals surface area contributed by atoms with Crippen LogP contribution < -0.4 is 4.72 Å². The molecule has 1 aromatic heterocycles. The highest BCUT2D eigenvalue weighted by molar-refractivity contribution is 7.93. The van der Waals surface area contributed by atoms with Gasteiger partial charge in [-0.25, -0.2) is 17.2 Å². The number of halogens is 2. The number of sulfonamides is 1. The standard InChI is InChI=1S/C28H26F2N4O2S/c1-20(34-16-14-33(15-17-34)19-21-7-9-23(29)10-8-21)25-12-11-24(18-26(25)30)32-37(35,36)27-6-2-4-22-5-3-13-31-28(22)27/h2-13,18,32H,1,14-17,19H2. The number of anilines is 1. The molecule has 0 spiro atoms. The topological polar surface area (TPSA) is 65.5 Å². The van der Waals surface area contributed by atoms with Crippen LogP contribution in [-0.4, -0.2) is 49.4 Å². The number of para-hydroxylation sites is 1. The second kappa shape index (κ2) is 10.3. The van der Waals surface area contributed by atoms with Gasteiger partial charge in [0.25, 0.3) is 10.0 Å². The molecule has 1 saturated heterocycles. The van der Waals surface area contributed by atoms with E-state index in [0.717, 1.165) is 25.2 Å². The van der Waals surface area contributed by atoms with Gasteiger partial charge < -0.3 is 4.90 Å². The third-order valence-corrected chi connectivity index (χ3v) is 7.90. The van der Waals surface area contributed by atoms with Crippen molar-refractivity contribution in [1.82, 2.24) is 14.8 Å². The molecule has 2 heterocycles. The molecular weight excluding hydrogens is 494 g/mol. The lowest BCUT2D eigenvalue weighted by atomic mass is 10.1. The van der Waals surface area contributed by atoms with E-state index in [9.17, 15) is 12.8 Å². The summed E-state index contributed by atoms with van der Waals surface area (Å²) in [7, 11) is -3.98. The van der Waals surface area contributed by atoms with Crippen molar-refractivity contribution in [3.8, 4) is 0 Å². The molecule has 6 nitrogen and oxygen atoms in total. The van der Waals surface area contributed by atoms with Gasteiger partial charge in [0, 0.05) is 55.6 Å². The van der Waals surface area contributed by atoms with Crippen LogP contribution in [0.2, 0.25) is 0 Å². The van der Waals surface area contributed by atoms with Crippen molar-refractivity contribution in [3.05, 3.63) is 108 Å². The number of pyridine rings is 1. The molecule has 3 aromatic carbocycles. The first-order valence-corrected chi connectivity index (χ1v) is 13.4. The average molecular weight is 521 g/mol. The van der Waals surface area contributed by atoms with Crippen LogP contribution >= 0.6 is 0 Å². The molecule has 1 aliphatic heterocycles. The van der Waals surface area contributed by atoms with E-state index in [0.29, 0.717) is 35.3 Å². The lowest BCUT2D eigenvalue weighted by Gasteiger charge is -2.37. The van der Waals surface area contributed by atoms with Gasteiger partial charge in [-0.1, -0.05) is 36.9 Å². The van der Waals surface area contributed by atoms with E-state index in [1.807, 2.05) is 4.90 Å². The molecule has 4 aromatic rings. The number of piperazine rings is 1. The Morgan fingerprint density at radius 2 is 1.68 bits per heavy atom. The number of hydrogen-bond donors (Lipinski definition) is 1.